The Balaban J connectivity index is 3.05. The fourth-order valence-corrected chi connectivity index (χ4v) is 0.974. The van der Waals surface area contributed by atoms with Gasteiger partial charge >= 0.3 is 0 Å². The summed E-state index contributed by atoms with van der Waals surface area (Å²) in [6, 6.07) is 7.48. The van der Waals surface area contributed by atoms with E-state index < -0.39 is 0 Å². The minimum absolute atomic E-state index is 0.749. The van der Waals surface area contributed by atoms with Crippen LogP contribution in [0.15, 0.2) is 24.3 Å². The van der Waals surface area contributed by atoms with Gasteiger partial charge in [0.2, 0.25) is 6.21 Å². The molecule has 0 aliphatic rings. The first kappa shape index (κ1) is 8.59. The van der Waals surface area contributed by atoms with Crippen LogP contribution < -0.4 is 4.74 Å². The van der Waals surface area contributed by atoms with Gasteiger partial charge in [0.25, 0.3) is 0 Å². The minimum atomic E-state index is 0.749. The van der Waals surface area contributed by atoms with Crippen molar-refractivity contribution in [2.75, 3.05) is 14.2 Å². The molecule has 0 bridgehead atoms. The zero-order valence-electron chi connectivity index (χ0n) is 7.19. The highest BCUT2D eigenvalue weighted by Crippen LogP contribution is 2.14. The lowest BCUT2D eigenvalue weighted by molar-refractivity contribution is -0.751. The van der Waals surface area contributed by atoms with Gasteiger partial charge in [0.05, 0.1) is 12.7 Å². The maximum Gasteiger partial charge on any atom is 0.226 e. The molecule has 0 heterocycles. The average molecular weight is 166 g/mol. The maximum absolute atomic E-state index is 8.95. The third-order valence-corrected chi connectivity index (χ3v) is 1.46. The van der Waals surface area contributed by atoms with Crippen LogP contribution in [0, 0.1) is 0 Å². The van der Waals surface area contributed by atoms with Crippen molar-refractivity contribution >= 4 is 6.21 Å². The summed E-state index contributed by atoms with van der Waals surface area (Å²) in [4.78, 5) is 0. The van der Waals surface area contributed by atoms with Crippen molar-refractivity contribution in [2.45, 2.75) is 0 Å². The predicted molar refractivity (Wildman–Crippen MR) is 46.1 cm³/mol. The number of rotatable bonds is 2. The molecule has 12 heavy (non-hydrogen) atoms. The number of para-hydroxylation sites is 1. The molecular formula is C9H12NO2+. The molecular weight excluding hydrogens is 154 g/mol. The first-order valence-corrected chi connectivity index (χ1v) is 3.63. The van der Waals surface area contributed by atoms with E-state index in [0.29, 0.717) is 0 Å². The van der Waals surface area contributed by atoms with Crippen LogP contribution in [-0.2, 0) is 0 Å². The topological polar surface area (TPSA) is 32.5 Å². The molecule has 64 valence electrons. The Hall–Kier alpha value is -1.51. The highest BCUT2D eigenvalue weighted by molar-refractivity contribution is 5.79. The maximum atomic E-state index is 8.95. The normalized spacial score (nSPS) is 11.3. The van der Waals surface area contributed by atoms with Crippen LogP contribution in [-0.4, -0.2) is 30.3 Å². The van der Waals surface area contributed by atoms with Gasteiger partial charge in [-0.15, -0.1) is 0 Å². The van der Waals surface area contributed by atoms with E-state index in [-0.39, 0.29) is 0 Å². The second-order valence-corrected chi connectivity index (χ2v) is 2.44. The second kappa shape index (κ2) is 3.76. The number of hydrogen-bond donors (Lipinski definition) is 1. The van der Waals surface area contributed by atoms with Crippen LogP contribution in [0.3, 0.4) is 0 Å². The summed E-state index contributed by atoms with van der Waals surface area (Å²) < 4.78 is 6.08. The van der Waals surface area contributed by atoms with Crippen molar-refractivity contribution in [1.29, 1.82) is 0 Å². The third kappa shape index (κ3) is 1.99. The molecule has 1 N–H and O–H groups in total. The molecule has 1 aromatic carbocycles. The minimum Gasteiger partial charge on any atom is -0.496 e. The number of ether oxygens (including phenoxy) is 1. The van der Waals surface area contributed by atoms with Gasteiger partial charge < -0.3 is 4.74 Å². The summed E-state index contributed by atoms with van der Waals surface area (Å²) in [7, 11) is 3.15. The van der Waals surface area contributed by atoms with Crippen molar-refractivity contribution < 1.29 is 14.7 Å². The van der Waals surface area contributed by atoms with Gasteiger partial charge in [-0.3, -0.25) is 5.21 Å². The van der Waals surface area contributed by atoms with E-state index in [9.17, 15) is 0 Å². The molecule has 1 aromatic rings. The molecule has 0 saturated heterocycles. The first-order chi connectivity index (χ1) is 5.74. The van der Waals surface area contributed by atoms with E-state index in [0.717, 1.165) is 16.1 Å². The molecule has 3 nitrogen and oxygen atoms in total. The van der Waals surface area contributed by atoms with Crippen LogP contribution in [0.1, 0.15) is 5.56 Å². The van der Waals surface area contributed by atoms with Crippen molar-refractivity contribution in [3.63, 3.8) is 0 Å². The van der Waals surface area contributed by atoms with Crippen molar-refractivity contribution in [2.24, 2.45) is 0 Å². The average Bonchev–Trinajstić information content (AvgIpc) is 2.04. The Bertz CT molecular complexity index is 290. The summed E-state index contributed by atoms with van der Waals surface area (Å²) >= 11 is 0. The van der Waals surface area contributed by atoms with Crippen LogP contribution in [0.5, 0.6) is 5.75 Å². The molecule has 3 heteroatoms. The summed E-state index contributed by atoms with van der Waals surface area (Å²) in [5.74, 6) is 0.749. The Morgan fingerprint density at radius 3 is 2.67 bits per heavy atom. The van der Waals surface area contributed by atoms with Crippen LogP contribution in [0.4, 0.5) is 0 Å². The fourth-order valence-electron chi connectivity index (χ4n) is 0.974. The molecule has 0 unspecified atom stereocenters. The molecule has 0 fully saturated rings. The van der Waals surface area contributed by atoms with Crippen LogP contribution in [0.2, 0.25) is 0 Å². The molecule has 1 rings (SSSR count). The standard InChI is InChI=1S/C9H12NO2/c1-10(11)7-8-5-3-4-6-9(8)12-2/h3-7,11H,1-2H3/q+1/b10-7+. The van der Waals surface area contributed by atoms with E-state index in [2.05, 4.69) is 0 Å². The molecule has 0 saturated carbocycles. The van der Waals surface area contributed by atoms with E-state index >= 15 is 0 Å². The third-order valence-electron chi connectivity index (χ3n) is 1.46. The smallest absolute Gasteiger partial charge is 0.226 e. The van der Waals surface area contributed by atoms with Crippen LogP contribution in [0.25, 0.3) is 0 Å². The highest BCUT2D eigenvalue weighted by Gasteiger charge is 2.01. The molecule has 0 spiro atoms. The van der Waals surface area contributed by atoms with Gasteiger partial charge in [0, 0.05) is 0 Å². The number of hydroxylamine groups is 1. The lowest BCUT2D eigenvalue weighted by atomic mass is 10.2. The highest BCUT2D eigenvalue weighted by atomic mass is 16.5. The van der Waals surface area contributed by atoms with Crippen molar-refractivity contribution in [3.05, 3.63) is 29.8 Å². The van der Waals surface area contributed by atoms with Gasteiger partial charge in [0.15, 0.2) is 7.05 Å². The monoisotopic (exact) mass is 166 g/mol. The van der Waals surface area contributed by atoms with Crippen molar-refractivity contribution in [3.8, 4) is 5.75 Å². The Kier molecular flexibility index (Phi) is 2.69. The summed E-state index contributed by atoms with van der Waals surface area (Å²) in [5, 5.41) is 8.95. The predicted octanol–water partition coefficient (Wildman–Crippen LogP) is 1.15. The zero-order valence-corrected chi connectivity index (χ0v) is 7.19. The zero-order chi connectivity index (χ0) is 8.97. The summed E-state index contributed by atoms with van der Waals surface area (Å²) in [6.45, 7) is 0. The molecule has 0 aliphatic heterocycles. The van der Waals surface area contributed by atoms with Gasteiger partial charge in [-0.05, 0) is 16.9 Å². The summed E-state index contributed by atoms with van der Waals surface area (Å²) in [6.07, 6.45) is 1.58. The number of nitrogens with zero attached hydrogens (tertiary/aromatic N) is 1. The quantitative estimate of drug-likeness (QED) is 0.309. The lowest BCUT2D eigenvalue weighted by Crippen LogP contribution is -2.02. The first-order valence-electron chi connectivity index (χ1n) is 3.63. The molecule has 0 aromatic heterocycles. The number of benzene rings is 1. The van der Waals surface area contributed by atoms with E-state index in [4.69, 9.17) is 9.94 Å². The van der Waals surface area contributed by atoms with Gasteiger partial charge in [0.1, 0.15) is 5.75 Å². The lowest BCUT2D eigenvalue weighted by Gasteiger charge is -2.00. The number of hydrogen-bond acceptors (Lipinski definition) is 2. The number of methoxy groups -OCH3 is 1. The van der Waals surface area contributed by atoms with E-state index in [1.807, 2.05) is 24.3 Å². The fraction of sp³-hybridized carbons (Fsp3) is 0.222. The molecule has 0 aliphatic carbocycles. The van der Waals surface area contributed by atoms with Crippen LogP contribution >= 0.6 is 0 Å². The Labute approximate surface area is 71.5 Å². The largest absolute Gasteiger partial charge is 0.496 e. The molecule has 0 amide bonds. The van der Waals surface area contributed by atoms with Gasteiger partial charge in [-0.25, -0.2) is 0 Å². The van der Waals surface area contributed by atoms with Gasteiger partial charge in [-0.1, -0.05) is 12.1 Å². The van der Waals surface area contributed by atoms with E-state index in [1.165, 1.54) is 0 Å². The van der Waals surface area contributed by atoms with Gasteiger partial charge in [-0.2, -0.15) is 0 Å². The summed E-state index contributed by atoms with van der Waals surface area (Å²) in [5.41, 5.74) is 0.852. The second-order valence-electron chi connectivity index (χ2n) is 2.44. The van der Waals surface area contributed by atoms with Crippen molar-refractivity contribution in [1.82, 2.24) is 0 Å². The molecule has 0 atom stereocenters. The Morgan fingerprint density at radius 2 is 2.08 bits per heavy atom. The molecule has 0 radical (unpaired) electrons. The SMILES string of the molecule is COc1ccccc1/C=[N+](\C)O. The Morgan fingerprint density at radius 1 is 1.42 bits per heavy atom. The van der Waals surface area contributed by atoms with E-state index in [1.54, 1.807) is 20.4 Å².